The SMILES string of the molecule is CCCCCC(=O)N(CC)c1cc(O)ccc1C. The molecule has 3 heteroatoms. The average molecular weight is 249 g/mol. The second kappa shape index (κ2) is 7.04. The molecule has 1 aromatic rings. The molecular formula is C15H23NO2. The molecule has 0 unspecified atom stereocenters. The molecule has 0 aliphatic heterocycles. The van der Waals surface area contributed by atoms with Crippen molar-refractivity contribution in [1.29, 1.82) is 0 Å². The molecule has 100 valence electrons. The largest absolute Gasteiger partial charge is 0.508 e. The maximum absolute atomic E-state index is 12.2. The van der Waals surface area contributed by atoms with Gasteiger partial charge in [-0.25, -0.2) is 0 Å². The van der Waals surface area contributed by atoms with Crippen LogP contribution < -0.4 is 4.90 Å². The number of phenols is 1. The molecule has 18 heavy (non-hydrogen) atoms. The first-order valence-electron chi connectivity index (χ1n) is 6.70. The van der Waals surface area contributed by atoms with Crippen LogP contribution >= 0.6 is 0 Å². The van der Waals surface area contributed by atoms with Crippen LogP contribution in [0.25, 0.3) is 0 Å². The minimum atomic E-state index is 0.139. The number of anilines is 1. The van der Waals surface area contributed by atoms with Crippen LogP contribution in [-0.2, 0) is 4.79 Å². The van der Waals surface area contributed by atoms with Crippen molar-refractivity contribution in [3.05, 3.63) is 23.8 Å². The van der Waals surface area contributed by atoms with E-state index >= 15 is 0 Å². The highest BCUT2D eigenvalue weighted by Gasteiger charge is 2.15. The van der Waals surface area contributed by atoms with Gasteiger partial charge in [0.05, 0.1) is 5.69 Å². The Morgan fingerprint density at radius 3 is 2.61 bits per heavy atom. The molecule has 0 heterocycles. The van der Waals surface area contributed by atoms with Crippen LogP contribution in [0.15, 0.2) is 18.2 Å². The number of aromatic hydroxyl groups is 1. The molecule has 0 atom stereocenters. The molecule has 0 spiro atoms. The van der Waals surface area contributed by atoms with Gasteiger partial charge in [-0.15, -0.1) is 0 Å². The number of rotatable bonds is 6. The smallest absolute Gasteiger partial charge is 0.226 e. The Morgan fingerprint density at radius 1 is 1.28 bits per heavy atom. The Bertz CT molecular complexity index is 401. The number of amides is 1. The van der Waals surface area contributed by atoms with Crippen molar-refractivity contribution in [1.82, 2.24) is 0 Å². The fraction of sp³-hybridized carbons (Fsp3) is 0.533. The van der Waals surface area contributed by atoms with E-state index in [0.717, 1.165) is 30.5 Å². The fourth-order valence-corrected chi connectivity index (χ4v) is 2.03. The van der Waals surface area contributed by atoms with E-state index < -0.39 is 0 Å². The second-order valence-corrected chi connectivity index (χ2v) is 4.57. The minimum Gasteiger partial charge on any atom is -0.508 e. The van der Waals surface area contributed by atoms with Crippen molar-refractivity contribution in [2.75, 3.05) is 11.4 Å². The van der Waals surface area contributed by atoms with Gasteiger partial charge in [-0.1, -0.05) is 25.8 Å². The molecule has 0 saturated carbocycles. The summed E-state index contributed by atoms with van der Waals surface area (Å²) in [6, 6.07) is 5.15. The summed E-state index contributed by atoms with van der Waals surface area (Å²) < 4.78 is 0. The summed E-state index contributed by atoms with van der Waals surface area (Å²) in [5.41, 5.74) is 1.83. The first-order valence-corrected chi connectivity index (χ1v) is 6.70. The summed E-state index contributed by atoms with van der Waals surface area (Å²) in [5.74, 6) is 0.343. The highest BCUT2D eigenvalue weighted by Crippen LogP contribution is 2.25. The minimum absolute atomic E-state index is 0.139. The lowest BCUT2D eigenvalue weighted by Crippen LogP contribution is -2.30. The Kier molecular flexibility index (Phi) is 5.69. The van der Waals surface area contributed by atoms with Crippen LogP contribution in [0.5, 0.6) is 5.75 Å². The summed E-state index contributed by atoms with van der Waals surface area (Å²) in [7, 11) is 0. The van der Waals surface area contributed by atoms with Gasteiger partial charge in [-0.2, -0.15) is 0 Å². The maximum Gasteiger partial charge on any atom is 0.226 e. The van der Waals surface area contributed by atoms with E-state index in [0.29, 0.717) is 13.0 Å². The van der Waals surface area contributed by atoms with E-state index in [-0.39, 0.29) is 11.7 Å². The monoisotopic (exact) mass is 249 g/mol. The molecule has 0 fully saturated rings. The number of nitrogens with zero attached hydrogens (tertiary/aromatic N) is 1. The molecule has 0 aliphatic rings. The van der Waals surface area contributed by atoms with Gasteiger partial charge in [0, 0.05) is 19.0 Å². The third kappa shape index (κ3) is 3.76. The van der Waals surface area contributed by atoms with Crippen molar-refractivity contribution in [2.24, 2.45) is 0 Å². The lowest BCUT2D eigenvalue weighted by molar-refractivity contribution is -0.118. The molecule has 0 aromatic heterocycles. The van der Waals surface area contributed by atoms with Gasteiger partial charge in [0.25, 0.3) is 0 Å². The predicted octanol–water partition coefficient (Wildman–Crippen LogP) is 3.63. The van der Waals surface area contributed by atoms with Gasteiger partial charge in [-0.3, -0.25) is 4.79 Å². The number of carbonyl (C=O) groups excluding carboxylic acids is 1. The van der Waals surface area contributed by atoms with Gasteiger partial charge >= 0.3 is 0 Å². The molecule has 1 amide bonds. The summed E-state index contributed by atoms with van der Waals surface area (Å²) in [6.07, 6.45) is 3.72. The summed E-state index contributed by atoms with van der Waals surface area (Å²) in [6.45, 7) is 6.68. The van der Waals surface area contributed by atoms with E-state index in [1.165, 1.54) is 0 Å². The van der Waals surface area contributed by atoms with E-state index in [2.05, 4.69) is 6.92 Å². The molecule has 0 saturated heterocycles. The standard InChI is InChI=1S/C15H23NO2/c1-4-6-7-8-15(18)16(5-2)14-11-13(17)10-9-12(14)3/h9-11,17H,4-8H2,1-3H3. The van der Waals surface area contributed by atoms with Gasteiger partial charge in [0.15, 0.2) is 0 Å². The lowest BCUT2D eigenvalue weighted by Gasteiger charge is -2.23. The van der Waals surface area contributed by atoms with E-state index in [1.54, 1.807) is 17.0 Å². The van der Waals surface area contributed by atoms with Gasteiger partial charge in [0.2, 0.25) is 5.91 Å². The van der Waals surface area contributed by atoms with Crippen LogP contribution in [0, 0.1) is 6.92 Å². The molecule has 1 N–H and O–H groups in total. The van der Waals surface area contributed by atoms with Crippen LogP contribution in [0.3, 0.4) is 0 Å². The van der Waals surface area contributed by atoms with Crippen molar-refractivity contribution < 1.29 is 9.90 Å². The molecule has 3 nitrogen and oxygen atoms in total. The van der Waals surface area contributed by atoms with E-state index in [4.69, 9.17) is 0 Å². The number of aryl methyl sites for hydroxylation is 1. The molecule has 1 rings (SSSR count). The highest BCUT2D eigenvalue weighted by molar-refractivity contribution is 5.94. The molecule has 0 aliphatic carbocycles. The second-order valence-electron chi connectivity index (χ2n) is 4.57. The van der Waals surface area contributed by atoms with Gasteiger partial charge in [-0.05, 0) is 31.9 Å². The summed E-state index contributed by atoms with van der Waals surface area (Å²) in [4.78, 5) is 13.9. The fourth-order valence-electron chi connectivity index (χ4n) is 2.03. The van der Waals surface area contributed by atoms with E-state index in [1.807, 2.05) is 19.9 Å². The quantitative estimate of drug-likeness (QED) is 0.782. The molecular weight excluding hydrogens is 226 g/mol. The Balaban J connectivity index is 2.81. The highest BCUT2D eigenvalue weighted by atomic mass is 16.3. The number of unbranched alkanes of at least 4 members (excludes halogenated alkanes) is 2. The van der Waals surface area contributed by atoms with Crippen LogP contribution in [0.4, 0.5) is 5.69 Å². The van der Waals surface area contributed by atoms with E-state index in [9.17, 15) is 9.90 Å². The van der Waals surface area contributed by atoms with Gasteiger partial charge < -0.3 is 10.0 Å². The first kappa shape index (κ1) is 14.6. The van der Waals surface area contributed by atoms with Crippen LogP contribution in [0.1, 0.15) is 45.1 Å². The predicted molar refractivity (Wildman–Crippen MR) is 75.0 cm³/mol. The Labute approximate surface area is 109 Å². The van der Waals surface area contributed by atoms with Gasteiger partial charge in [0.1, 0.15) is 5.75 Å². The number of carbonyl (C=O) groups is 1. The average Bonchev–Trinajstić information content (AvgIpc) is 2.35. The number of phenolic OH excluding ortho intramolecular Hbond substituents is 1. The zero-order valence-electron chi connectivity index (χ0n) is 11.6. The van der Waals surface area contributed by atoms with Crippen molar-refractivity contribution in [3.63, 3.8) is 0 Å². The molecule has 0 radical (unpaired) electrons. The normalized spacial score (nSPS) is 10.4. The number of hydrogen-bond donors (Lipinski definition) is 1. The van der Waals surface area contributed by atoms with Crippen LogP contribution in [-0.4, -0.2) is 17.6 Å². The first-order chi connectivity index (χ1) is 8.60. The van der Waals surface area contributed by atoms with Crippen molar-refractivity contribution in [3.8, 4) is 5.75 Å². The summed E-state index contributed by atoms with van der Waals surface area (Å²) in [5, 5.41) is 9.54. The molecule has 1 aromatic carbocycles. The zero-order chi connectivity index (χ0) is 13.5. The summed E-state index contributed by atoms with van der Waals surface area (Å²) >= 11 is 0. The maximum atomic E-state index is 12.2. The number of hydrogen-bond acceptors (Lipinski definition) is 2. The topological polar surface area (TPSA) is 40.5 Å². The van der Waals surface area contributed by atoms with Crippen molar-refractivity contribution >= 4 is 11.6 Å². The van der Waals surface area contributed by atoms with Crippen LogP contribution in [0.2, 0.25) is 0 Å². The Hall–Kier alpha value is -1.51. The third-order valence-electron chi connectivity index (χ3n) is 3.09. The Morgan fingerprint density at radius 2 is 2.00 bits per heavy atom. The molecule has 0 bridgehead atoms. The number of benzene rings is 1. The lowest BCUT2D eigenvalue weighted by atomic mass is 10.1. The third-order valence-corrected chi connectivity index (χ3v) is 3.09. The van der Waals surface area contributed by atoms with Crippen molar-refractivity contribution in [2.45, 2.75) is 46.5 Å². The zero-order valence-corrected chi connectivity index (χ0v) is 11.6.